The number of piperidine rings is 1. The molecule has 0 atom stereocenters. The average molecular weight is 561 g/mol. The van der Waals surface area contributed by atoms with E-state index >= 15 is 0 Å². The zero-order chi connectivity index (χ0) is 29.0. The predicted molar refractivity (Wildman–Crippen MR) is 169 cm³/mol. The third kappa shape index (κ3) is 9.68. The SMILES string of the molecule is CC(=O)N1CCCCCCCN(CCC(C)C)Cc2cc(C(=O)NCc3ccccc3CN3CCCCC3)ccc21. The van der Waals surface area contributed by atoms with Gasteiger partial charge >= 0.3 is 0 Å². The normalized spacial score (nSPS) is 17.9. The van der Waals surface area contributed by atoms with Crippen molar-refractivity contribution in [2.24, 2.45) is 5.92 Å². The van der Waals surface area contributed by atoms with Crippen molar-refractivity contribution in [3.8, 4) is 0 Å². The highest BCUT2D eigenvalue weighted by atomic mass is 16.2. The number of fused-ring (bicyclic) bond motifs is 1. The molecule has 0 saturated carbocycles. The molecule has 2 heterocycles. The fraction of sp³-hybridized carbons (Fsp3) is 0.600. The van der Waals surface area contributed by atoms with Gasteiger partial charge in [-0.3, -0.25) is 19.4 Å². The minimum absolute atomic E-state index is 0.0604. The molecule has 1 fully saturated rings. The molecule has 2 aliphatic rings. The van der Waals surface area contributed by atoms with Crippen LogP contribution in [0.1, 0.15) is 106 Å². The lowest BCUT2D eigenvalue weighted by atomic mass is 10.0. The molecular weight excluding hydrogens is 508 g/mol. The molecule has 1 N–H and O–H groups in total. The summed E-state index contributed by atoms with van der Waals surface area (Å²) >= 11 is 0. The number of hydrogen-bond acceptors (Lipinski definition) is 4. The van der Waals surface area contributed by atoms with E-state index < -0.39 is 0 Å². The number of nitrogens with one attached hydrogen (secondary N) is 1. The number of carbonyl (C=O) groups excluding carboxylic acids is 2. The Morgan fingerprint density at radius 2 is 1.44 bits per heavy atom. The third-order valence-corrected chi connectivity index (χ3v) is 8.69. The van der Waals surface area contributed by atoms with Crippen LogP contribution in [0.25, 0.3) is 0 Å². The number of anilines is 1. The third-order valence-electron chi connectivity index (χ3n) is 8.69. The van der Waals surface area contributed by atoms with E-state index in [4.69, 9.17) is 0 Å². The maximum atomic E-state index is 13.5. The van der Waals surface area contributed by atoms with Gasteiger partial charge in [-0.25, -0.2) is 0 Å². The Bertz CT molecular complexity index is 1120. The molecule has 0 radical (unpaired) electrons. The highest BCUT2D eigenvalue weighted by Gasteiger charge is 2.20. The summed E-state index contributed by atoms with van der Waals surface area (Å²) in [6.45, 7) is 13.5. The van der Waals surface area contributed by atoms with Crippen molar-refractivity contribution in [1.29, 1.82) is 0 Å². The molecule has 0 spiro atoms. The van der Waals surface area contributed by atoms with E-state index in [1.165, 1.54) is 49.7 Å². The van der Waals surface area contributed by atoms with Gasteiger partial charge in [0, 0.05) is 44.4 Å². The van der Waals surface area contributed by atoms with Crippen molar-refractivity contribution in [2.75, 3.05) is 37.6 Å². The van der Waals surface area contributed by atoms with Crippen molar-refractivity contribution in [1.82, 2.24) is 15.1 Å². The van der Waals surface area contributed by atoms with Gasteiger partial charge in [-0.2, -0.15) is 0 Å². The molecule has 41 heavy (non-hydrogen) atoms. The average Bonchev–Trinajstić information content (AvgIpc) is 2.96. The van der Waals surface area contributed by atoms with Crippen LogP contribution in [0.4, 0.5) is 5.69 Å². The number of hydrogen-bond donors (Lipinski definition) is 1. The van der Waals surface area contributed by atoms with Crippen molar-refractivity contribution >= 4 is 17.5 Å². The van der Waals surface area contributed by atoms with Gasteiger partial charge in [0.25, 0.3) is 5.91 Å². The van der Waals surface area contributed by atoms with Gasteiger partial charge in [-0.05, 0) is 99.1 Å². The second-order valence-electron chi connectivity index (χ2n) is 12.5. The Morgan fingerprint density at radius 1 is 0.805 bits per heavy atom. The Kier molecular flexibility index (Phi) is 12.2. The number of carbonyl (C=O) groups is 2. The van der Waals surface area contributed by atoms with Crippen LogP contribution in [0.2, 0.25) is 0 Å². The summed E-state index contributed by atoms with van der Waals surface area (Å²) in [6.07, 6.45) is 10.8. The first-order valence-electron chi connectivity index (χ1n) is 16.1. The fourth-order valence-corrected chi connectivity index (χ4v) is 6.17. The summed E-state index contributed by atoms with van der Waals surface area (Å²) in [6, 6.07) is 14.4. The van der Waals surface area contributed by atoms with Crippen molar-refractivity contribution < 1.29 is 9.59 Å². The van der Waals surface area contributed by atoms with Crippen molar-refractivity contribution in [3.63, 3.8) is 0 Å². The maximum Gasteiger partial charge on any atom is 0.251 e. The molecule has 1 saturated heterocycles. The van der Waals surface area contributed by atoms with E-state index in [1.54, 1.807) is 6.92 Å². The molecular formula is C35H52N4O2. The first kappa shape index (κ1) is 31.2. The smallest absolute Gasteiger partial charge is 0.251 e. The van der Waals surface area contributed by atoms with Gasteiger partial charge in [0.15, 0.2) is 0 Å². The van der Waals surface area contributed by atoms with Gasteiger partial charge in [0.1, 0.15) is 0 Å². The molecule has 0 bridgehead atoms. The molecule has 6 heteroatoms. The Morgan fingerprint density at radius 3 is 2.15 bits per heavy atom. The van der Waals surface area contributed by atoms with Crippen molar-refractivity contribution in [2.45, 2.75) is 98.2 Å². The van der Waals surface area contributed by atoms with E-state index in [9.17, 15) is 9.59 Å². The van der Waals surface area contributed by atoms with Gasteiger partial charge < -0.3 is 10.2 Å². The Labute approximate surface area is 248 Å². The Hall–Kier alpha value is -2.70. The standard InChI is InChI=1S/C35H52N4O2/c1-28(2)18-23-38-21-10-5-4-6-13-22-39(29(3)40)34-17-16-30(24-33(34)27-38)35(41)36-25-31-14-8-9-15-32(31)26-37-19-11-7-12-20-37/h8-9,14-17,24,28H,4-7,10-13,18-23,25-27H2,1-3H3,(H,36,41). The molecule has 0 unspecified atom stereocenters. The number of amides is 2. The fourth-order valence-electron chi connectivity index (χ4n) is 6.17. The van der Waals surface area contributed by atoms with Crippen LogP contribution in [-0.4, -0.2) is 54.3 Å². The Balaban J connectivity index is 1.53. The molecule has 2 amide bonds. The lowest BCUT2D eigenvalue weighted by Gasteiger charge is -2.29. The van der Waals surface area contributed by atoms with Crippen molar-refractivity contribution in [3.05, 3.63) is 64.7 Å². The summed E-state index contributed by atoms with van der Waals surface area (Å²) in [5.74, 6) is 0.647. The largest absolute Gasteiger partial charge is 0.348 e. The molecule has 2 aromatic rings. The lowest BCUT2D eigenvalue weighted by Crippen LogP contribution is -2.33. The topological polar surface area (TPSA) is 55.9 Å². The maximum absolute atomic E-state index is 13.5. The summed E-state index contributed by atoms with van der Waals surface area (Å²) < 4.78 is 0. The van der Waals surface area contributed by atoms with Crippen LogP contribution < -0.4 is 10.2 Å². The highest BCUT2D eigenvalue weighted by Crippen LogP contribution is 2.27. The number of likely N-dealkylation sites (tertiary alicyclic amines) is 1. The molecule has 6 nitrogen and oxygen atoms in total. The molecule has 224 valence electrons. The number of nitrogens with zero attached hydrogens (tertiary/aromatic N) is 3. The second-order valence-corrected chi connectivity index (χ2v) is 12.5. The van der Waals surface area contributed by atoms with E-state index in [-0.39, 0.29) is 11.8 Å². The van der Waals surface area contributed by atoms with Crippen LogP contribution in [-0.2, 0) is 24.4 Å². The van der Waals surface area contributed by atoms with Crippen LogP contribution in [0, 0.1) is 5.92 Å². The lowest BCUT2D eigenvalue weighted by molar-refractivity contribution is -0.116. The highest BCUT2D eigenvalue weighted by molar-refractivity contribution is 5.97. The van der Waals surface area contributed by atoms with Gasteiger partial charge in [-0.1, -0.05) is 63.8 Å². The minimum atomic E-state index is -0.0604. The molecule has 0 aliphatic carbocycles. The quantitative estimate of drug-likeness (QED) is 0.387. The summed E-state index contributed by atoms with van der Waals surface area (Å²) in [4.78, 5) is 33.2. The zero-order valence-corrected chi connectivity index (χ0v) is 25.8. The van der Waals surface area contributed by atoms with Gasteiger partial charge in [0.05, 0.1) is 0 Å². The predicted octanol–water partition coefficient (Wildman–Crippen LogP) is 6.77. The van der Waals surface area contributed by atoms with E-state index in [0.29, 0.717) is 18.0 Å². The minimum Gasteiger partial charge on any atom is -0.348 e. The second kappa shape index (κ2) is 16.1. The number of benzene rings is 2. The first-order chi connectivity index (χ1) is 19.9. The van der Waals surface area contributed by atoms with Crippen LogP contribution in [0.15, 0.2) is 42.5 Å². The summed E-state index contributed by atoms with van der Waals surface area (Å²) in [5.41, 5.74) is 5.17. The van der Waals surface area contributed by atoms with E-state index in [2.05, 4.69) is 53.2 Å². The van der Waals surface area contributed by atoms with Crippen LogP contribution in [0.5, 0.6) is 0 Å². The van der Waals surface area contributed by atoms with E-state index in [0.717, 1.165) is 76.3 Å². The summed E-state index contributed by atoms with van der Waals surface area (Å²) in [7, 11) is 0. The zero-order valence-electron chi connectivity index (χ0n) is 25.8. The molecule has 0 aromatic heterocycles. The van der Waals surface area contributed by atoms with Gasteiger partial charge in [-0.15, -0.1) is 0 Å². The van der Waals surface area contributed by atoms with Gasteiger partial charge in [0.2, 0.25) is 5.91 Å². The van der Waals surface area contributed by atoms with Crippen LogP contribution in [0.3, 0.4) is 0 Å². The van der Waals surface area contributed by atoms with E-state index in [1.807, 2.05) is 23.1 Å². The number of rotatable bonds is 8. The molecule has 2 aromatic carbocycles. The molecule has 2 aliphatic heterocycles. The monoisotopic (exact) mass is 560 g/mol. The first-order valence-corrected chi connectivity index (χ1v) is 16.1. The molecule has 4 rings (SSSR count). The van der Waals surface area contributed by atoms with Crippen LogP contribution >= 0.6 is 0 Å². The summed E-state index contributed by atoms with van der Waals surface area (Å²) in [5, 5.41) is 3.20.